The third-order valence-corrected chi connectivity index (χ3v) is 1.53. The lowest BCUT2D eigenvalue weighted by atomic mass is 10.3. The maximum atomic E-state index is 10.2. The highest BCUT2D eigenvalue weighted by molar-refractivity contribution is 5.95. The van der Waals surface area contributed by atoms with Crippen molar-refractivity contribution < 1.29 is 24.5 Å². The van der Waals surface area contributed by atoms with E-state index in [-0.39, 0.29) is 18.3 Å². The second-order valence-corrected chi connectivity index (χ2v) is 3.15. The van der Waals surface area contributed by atoms with Gasteiger partial charge in [-0.1, -0.05) is 13.5 Å². The van der Waals surface area contributed by atoms with Crippen molar-refractivity contribution in [2.75, 3.05) is 19.8 Å². The van der Waals surface area contributed by atoms with Crippen LogP contribution in [-0.4, -0.2) is 48.1 Å². The standard InChI is InChI=1S/C6H14O3.C5H5NO2/c1-2-6(8)5-9-4-3-7;1-4(2)5(8)6-3-7/h6-8H,2-5H2,1H3;1H2,2H3. The maximum Gasteiger partial charge on any atom is 0.282 e. The SMILES string of the molecule is C=C(C)C(=O)N=C=O.CCC(O)COCCO. The minimum absolute atomic E-state index is 0.0242. The van der Waals surface area contributed by atoms with E-state index < -0.39 is 5.91 Å². The molecule has 1 amide bonds. The molecule has 6 nitrogen and oxygen atoms in total. The van der Waals surface area contributed by atoms with Gasteiger partial charge in [0.2, 0.25) is 6.08 Å². The second kappa shape index (κ2) is 12.7. The van der Waals surface area contributed by atoms with Gasteiger partial charge in [0.25, 0.3) is 5.91 Å². The lowest BCUT2D eigenvalue weighted by molar-refractivity contribution is -0.114. The average molecular weight is 245 g/mol. The first-order valence-corrected chi connectivity index (χ1v) is 5.13. The number of nitrogens with zero attached hydrogens (tertiary/aromatic N) is 1. The topological polar surface area (TPSA) is 96.2 Å². The molecule has 0 spiro atoms. The van der Waals surface area contributed by atoms with Crippen molar-refractivity contribution in [1.29, 1.82) is 0 Å². The van der Waals surface area contributed by atoms with E-state index >= 15 is 0 Å². The van der Waals surface area contributed by atoms with E-state index in [9.17, 15) is 9.59 Å². The molecule has 0 saturated carbocycles. The van der Waals surface area contributed by atoms with Crippen LogP contribution in [0.3, 0.4) is 0 Å². The molecular formula is C11H19NO5. The summed E-state index contributed by atoms with van der Waals surface area (Å²) in [5.74, 6) is -0.611. The van der Waals surface area contributed by atoms with Crippen LogP contribution < -0.4 is 0 Å². The Kier molecular flexibility index (Phi) is 13.5. The minimum Gasteiger partial charge on any atom is -0.394 e. The van der Waals surface area contributed by atoms with E-state index in [0.29, 0.717) is 19.6 Å². The lowest BCUT2D eigenvalue weighted by Gasteiger charge is -2.06. The number of aliphatic hydroxyl groups is 2. The number of hydrogen-bond donors (Lipinski definition) is 2. The fraction of sp³-hybridized carbons (Fsp3) is 0.636. The molecule has 1 unspecified atom stereocenters. The molecular weight excluding hydrogens is 226 g/mol. The predicted octanol–water partition coefficient (Wildman–Crippen LogP) is 0.191. The Morgan fingerprint density at radius 3 is 2.47 bits per heavy atom. The summed E-state index contributed by atoms with van der Waals surface area (Å²) in [6.45, 7) is 7.28. The number of ether oxygens (including phenoxy) is 1. The van der Waals surface area contributed by atoms with Crippen LogP contribution in [0.15, 0.2) is 17.1 Å². The number of hydrogen-bond acceptors (Lipinski definition) is 5. The Hall–Kier alpha value is -1.33. The van der Waals surface area contributed by atoms with Gasteiger partial charge >= 0.3 is 0 Å². The number of rotatable bonds is 6. The van der Waals surface area contributed by atoms with Gasteiger partial charge in [-0.3, -0.25) is 4.79 Å². The van der Waals surface area contributed by atoms with E-state index in [0.717, 1.165) is 6.08 Å². The normalized spacial score (nSPS) is 10.6. The summed E-state index contributed by atoms with van der Waals surface area (Å²) in [5, 5.41) is 17.1. The van der Waals surface area contributed by atoms with E-state index in [2.05, 4.69) is 11.6 Å². The van der Waals surface area contributed by atoms with Gasteiger partial charge in [0.05, 0.1) is 25.9 Å². The average Bonchev–Trinajstić information content (AvgIpc) is 2.30. The van der Waals surface area contributed by atoms with E-state index in [4.69, 9.17) is 14.9 Å². The van der Waals surface area contributed by atoms with Gasteiger partial charge in [-0.2, -0.15) is 0 Å². The van der Waals surface area contributed by atoms with E-state index in [1.807, 2.05) is 6.92 Å². The first-order valence-electron chi connectivity index (χ1n) is 5.13. The molecule has 98 valence electrons. The number of carbonyl (C=O) groups is 1. The van der Waals surface area contributed by atoms with Crippen molar-refractivity contribution in [3.8, 4) is 0 Å². The molecule has 0 aliphatic heterocycles. The first kappa shape index (κ1) is 18.0. The molecule has 6 heteroatoms. The summed E-state index contributed by atoms with van der Waals surface area (Å²) in [5.41, 5.74) is 0.244. The summed E-state index contributed by atoms with van der Waals surface area (Å²) in [6.07, 6.45) is 1.44. The molecule has 0 radical (unpaired) electrons. The Balaban J connectivity index is 0. The molecule has 0 bridgehead atoms. The highest BCUT2D eigenvalue weighted by atomic mass is 16.5. The zero-order chi connectivity index (χ0) is 13.7. The molecule has 0 aliphatic carbocycles. The van der Waals surface area contributed by atoms with Gasteiger partial charge < -0.3 is 14.9 Å². The largest absolute Gasteiger partial charge is 0.394 e. The summed E-state index contributed by atoms with van der Waals surface area (Å²) in [7, 11) is 0. The van der Waals surface area contributed by atoms with Crippen molar-refractivity contribution in [2.45, 2.75) is 26.4 Å². The third kappa shape index (κ3) is 14.7. The molecule has 0 aromatic carbocycles. The van der Waals surface area contributed by atoms with Gasteiger partial charge in [0, 0.05) is 5.57 Å². The number of aliphatic hydroxyl groups excluding tert-OH is 2. The van der Waals surface area contributed by atoms with Crippen LogP contribution in [0.5, 0.6) is 0 Å². The molecule has 0 fully saturated rings. The molecule has 17 heavy (non-hydrogen) atoms. The summed E-state index contributed by atoms with van der Waals surface area (Å²) < 4.78 is 4.84. The zero-order valence-corrected chi connectivity index (χ0v) is 10.2. The van der Waals surface area contributed by atoms with Gasteiger partial charge in [-0.05, 0) is 13.3 Å². The maximum absolute atomic E-state index is 10.2. The Bertz CT molecular complexity index is 267. The Labute approximate surface area is 101 Å². The van der Waals surface area contributed by atoms with Crippen molar-refractivity contribution in [3.05, 3.63) is 12.2 Å². The molecule has 0 rings (SSSR count). The first-order chi connectivity index (χ1) is 7.99. The fourth-order valence-corrected chi connectivity index (χ4v) is 0.539. The highest BCUT2D eigenvalue weighted by Gasteiger charge is 1.98. The van der Waals surface area contributed by atoms with Gasteiger partial charge in [0.15, 0.2) is 0 Å². The molecule has 0 aromatic rings. The quantitative estimate of drug-likeness (QED) is 0.301. The van der Waals surface area contributed by atoms with Crippen LogP contribution in [0.4, 0.5) is 0 Å². The van der Waals surface area contributed by atoms with Crippen molar-refractivity contribution in [1.82, 2.24) is 0 Å². The van der Waals surface area contributed by atoms with E-state index in [1.165, 1.54) is 6.92 Å². The van der Waals surface area contributed by atoms with E-state index in [1.54, 1.807) is 0 Å². The monoisotopic (exact) mass is 245 g/mol. The van der Waals surface area contributed by atoms with Crippen molar-refractivity contribution in [3.63, 3.8) is 0 Å². The van der Waals surface area contributed by atoms with Crippen molar-refractivity contribution in [2.24, 2.45) is 4.99 Å². The number of isocyanates is 1. The predicted molar refractivity (Wildman–Crippen MR) is 62.1 cm³/mol. The molecule has 0 aromatic heterocycles. The summed E-state index contributed by atoms with van der Waals surface area (Å²) >= 11 is 0. The van der Waals surface area contributed by atoms with Gasteiger partial charge in [-0.25, -0.2) is 4.79 Å². The lowest BCUT2D eigenvalue weighted by Crippen LogP contribution is -2.15. The van der Waals surface area contributed by atoms with Crippen LogP contribution in [0, 0.1) is 0 Å². The molecule has 0 saturated heterocycles. The molecule has 0 heterocycles. The third-order valence-electron chi connectivity index (χ3n) is 1.53. The highest BCUT2D eigenvalue weighted by Crippen LogP contribution is 1.89. The van der Waals surface area contributed by atoms with Crippen LogP contribution in [0.2, 0.25) is 0 Å². The number of aliphatic imine (C=N–C) groups is 1. The smallest absolute Gasteiger partial charge is 0.282 e. The minimum atomic E-state index is -0.611. The van der Waals surface area contributed by atoms with Crippen LogP contribution in [0.25, 0.3) is 0 Å². The second-order valence-electron chi connectivity index (χ2n) is 3.15. The molecule has 0 aliphatic rings. The van der Waals surface area contributed by atoms with Crippen LogP contribution in [0.1, 0.15) is 20.3 Å². The summed E-state index contributed by atoms with van der Waals surface area (Å²) in [4.78, 5) is 22.4. The van der Waals surface area contributed by atoms with Crippen LogP contribution in [-0.2, 0) is 14.3 Å². The Morgan fingerprint density at radius 2 is 2.18 bits per heavy atom. The summed E-state index contributed by atoms with van der Waals surface area (Å²) in [6, 6.07) is 0. The van der Waals surface area contributed by atoms with Crippen LogP contribution >= 0.6 is 0 Å². The zero-order valence-electron chi connectivity index (χ0n) is 10.2. The molecule has 1 atom stereocenters. The fourth-order valence-electron chi connectivity index (χ4n) is 0.539. The Morgan fingerprint density at radius 1 is 1.59 bits per heavy atom. The van der Waals surface area contributed by atoms with Gasteiger partial charge in [-0.15, -0.1) is 4.99 Å². The van der Waals surface area contributed by atoms with Crippen molar-refractivity contribution >= 4 is 12.0 Å². The van der Waals surface area contributed by atoms with Gasteiger partial charge in [0.1, 0.15) is 0 Å². The molecule has 2 N–H and O–H groups in total. The number of amides is 1. The number of carbonyl (C=O) groups excluding carboxylic acids is 2.